The molecule has 0 amide bonds. The molecule has 7 nitrogen and oxygen atoms in total. The number of ether oxygens (including phenoxy) is 3. The van der Waals surface area contributed by atoms with Gasteiger partial charge in [-0.3, -0.25) is 9.88 Å². The number of fused-ring (bicyclic) bond motifs is 1. The third-order valence-electron chi connectivity index (χ3n) is 5.24. The number of piperidine rings is 1. The van der Waals surface area contributed by atoms with Crippen molar-refractivity contribution in [2.24, 2.45) is 0 Å². The summed E-state index contributed by atoms with van der Waals surface area (Å²) in [4.78, 5) is 15.3. The van der Waals surface area contributed by atoms with Crippen molar-refractivity contribution in [1.82, 2.24) is 19.9 Å². The molecule has 0 bridgehead atoms. The van der Waals surface area contributed by atoms with E-state index in [-0.39, 0.29) is 18.0 Å². The maximum Gasteiger partial charge on any atom is 0.257 e. The van der Waals surface area contributed by atoms with Gasteiger partial charge in [0.25, 0.3) is 5.88 Å². The highest BCUT2D eigenvalue weighted by molar-refractivity contribution is 5.37. The van der Waals surface area contributed by atoms with Crippen LogP contribution in [0.3, 0.4) is 0 Å². The molecule has 0 aliphatic carbocycles. The van der Waals surface area contributed by atoms with Gasteiger partial charge in [-0.05, 0) is 33.6 Å². The van der Waals surface area contributed by atoms with Gasteiger partial charge in [0.2, 0.25) is 5.88 Å². The third kappa shape index (κ3) is 3.87. The third-order valence-corrected chi connectivity index (χ3v) is 5.24. The first-order chi connectivity index (χ1) is 13.5. The van der Waals surface area contributed by atoms with Gasteiger partial charge in [0, 0.05) is 19.2 Å². The fourth-order valence-electron chi connectivity index (χ4n) is 3.67. The minimum absolute atomic E-state index is 0.0808. The predicted molar refractivity (Wildman–Crippen MR) is 100 cm³/mol. The highest BCUT2D eigenvalue weighted by Crippen LogP contribution is 2.34. The van der Waals surface area contributed by atoms with Crippen molar-refractivity contribution in [2.45, 2.75) is 45.8 Å². The van der Waals surface area contributed by atoms with E-state index in [1.807, 2.05) is 20.8 Å². The molecule has 150 valence electrons. The molecule has 0 N–H and O–H groups in total. The first-order valence-electron chi connectivity index (χ1n) is 9.68. The van der Waals surface area contributed by atoms with Gasteiger partial charge in [0.05, 0.1) is 29.3 Å². The number of nitrogens with zero attached hydrogens (tertiary/aromatic N) is 4. The molecule has 1 saturated heterocycles. The molecule has 2 aliphatic heterocycles. The van der Waals surface area contributed by atoms with Crippen LogP contribution in [0.2, 0.25) is 0 Å². The number of aromatic nitrogens is 3. The number of halogens is 1. The van der Waals surface area contributed by atoms with Crippen LogP contribution in [0.15, 0.2) is 12.3 Å². The van der Waals surface area contributed by atoms with Crippen molar-refractivity contribution >= 4 is 0 Å². The summed E-state index contributed by atoms with van der Waals surface area (Å²) >= 11 is 0. The van der Waals surface area contributed by atoms with E-state index in [0.717, 1.165) is 37.3 Å². The molecule has 8 heteroatoms. The summed E-state index contributed by atoms with van der Waals surface area (Å²) in [6, 6.07) is 1.22. The Labute approximate surface area is 163 Å². The maximum atomic E-state index is 14.6. The number of hydrogen-bond acceptors (Lipinski definition) is 7. The summed E-state index contributed by atoms with van der Waals surface area (Å²) in [6.45, 7) is 8.22. The van der Waals surface area contributed by atoms with Crippen LogP contribution in [0, 0.1) is 19.7 Å². The van der Waals surface area contributed by atoms with E-state index in [1.54, 1.807) is 6.20 Å². The molecule has 28 heavy (non-hydrogen) atoms. The number of rotatable bonds is 4. The summed E-state index contributed by atoms with van der Waals surface area (Å²) in [5.41, 5.74) is 2.07. The van der Waals surface area contributed by atoms with Crippen LogP contribution in [0.1, 0.15) is 42.9 Å². The monoisotopic (exact) mass is 388 g/mol. The van der Waals surface area contributed by atoms with Gasteiger partial charge in [-0.15, -0.1) is 0 Å². The molecule has 0 radical (unpaired) electrons. The van der Waals surface area contributed by atoms with Crippen LogP contribution >= 0.6 is 0 Å². The zero-order chi connectivity index (χ0) is 19.7. The number of aryl methyl sites for hydroxylation is 2. The molecule has 1 fully saturated rings. The molecule has 2 aromatic heterocycles. The smallest absolute Gasteiger partial charge is 0.257 e. The Kier molecular flexibility index (Phi) is 5.30. The molecule has 4 rings (SSSR count). The van der Waals surface area contributed by atoms with Crippen LogP contribution in [0.25, 0.3) is 0 Å². The lowest BCUT2D eigenvalue weighted by molar-refractivity contribution is 0.0733. The lowest BCUT2D eigenvalue weighted by Crippen LogP contribution is -2.40. The average molecular weight is 388 g/mol. The quantitative estimate of drug-likeness (QED) is 0.797. The molecule has 1 atom stereocenters. The molecule has 1 unspecified atom stereocenters. The first-order valence-corrected chi connectivity index (χ1v) is 9.68. The van der Waals surface area contributed by atoms with Crippen molar-refractivity contribution in [3.63, 3.8) is 0 Å². The van der Waals surface area contributed by atoms with Gasteiger partial charge in [0.1, 0.15) is 25.1 Å². The Bertz CT molecular complexity index is 856. The maximum absolute atomic E-state index is 14.6. The van der Waals surface area contributed by atoms with Gasteiger partial charge in [-0.1, -0.05) is 0 Å². The molecule has 0 saturated carbocycles. The van der Waals surface area contributed by atoms with Crippen LogP contribution in [-0.4, -0.2) is 52.3 Å². The Morgan fingerprint density at radius 3 is 2.68 bits per heavy atom. The van der Waals surface area contributed by atoms with E-state index in [0.29, 0.717) is 36.4 Å². The second-order valence-electron chi connectivity index (χ2n) is 7.29. The highest BCUT2D eigenvalue weighted by Gasteiger charge is 2.29. The minimum Gasteiger partial charge on any atom is -0.484 e. The summed E-state index contributed by atoms with van der Waals surface area (Å²) in [5, 5.41) is 0. The lowest BCUT2D eigenvalue weighted by Gasteiger charge is -2.36. The number of likely N-dealkylation sites (tertiary alicyclic amines) is 1. The fourth-order valence-corrected chi connectivity index (χ4v) is 3.67. The van der Waals surface area contributed by atoms with E-state index in [2.05, 4.69) is 19.9 Å². The van der Waals surface area contributed by atoms with E-state index in [4.69, 9.17) is 14.2 Å². The van der Waals surface area contributed by atoms with Crippen molar-refractivity contribution in [2.75, 3.05) is 26.3 Å². The van der Waals surface area contributed by atoms with Crippen molar-refractivity contribution in [3.8, 4) is 17.5 Å². The van der Waals surface area contributed by atoms with Gasteiger partial charge < -0.3 is 14.2 Å². The Morgan fingerprint density at radius 2 is 1.93 bits per heavy atom. The van der Waals surface area contributed by atoms with Gasteiger partial charge >= 0.3 is 0 Å². The zero-order valence-electron chi connectivity index (χ0n) is 16.4. The Balaban J connectivity index is 1.39. The summed E-state index contributed by atoms with van der Waals surface area (Å²) in [5.74, 6) is 0.986. The van der Waals surface area contributed by atoms with Gasteiger partial charge in [0.15, 0.2) is 5.75 Å². The molecular formula is C20H25FN4O3. The minimum atomic E-state index is -0.360. The van der Waals surface area contributed by atoms with E-state index in [1.165, 1.54) is 6.07 Å². The molecule has 0 spiro atoms. The van der Waals surface area contributed by atoms with Crippen LogP contribution in [0.4, 0.5) is 4.39 Å². The van der Waals surface area contributed by atoms with Crippen molar-refractivity contribution in [3.05, 3.63) is 35.2 Å². The van der Waals surface area contributed by atoms with Crippen molar-refractivity contribution in [1.29, 1.82) is 0 Å². The normalized spacial score (nSPS) is 18.7. The second-order valence-corrected chi connectivity index (χ2v) is 7.29. The standard InChI is InChI=1S/C20H25FN4O3/c1-12-11-22-19(13(2)23-12)28-15-4-6-25(7-5-15)14(3)18-16(21)10-17-20(24-18)27-9-8-26-17/h10-11,14-15H,4-9H2,1-3H3. The summed E-state index contributed by atoms with van der Waals surface area (Å²) in [7, 11) is 0. The van der Waals surface area contributed by atoms with Crippen LogP contribution < -0.4 is 14.2 Å². The van der Waals surface area contributed by atoms with Crippen LogP contribution in [-0.2, 0) is 0 Å². The Hall–Kier alpha value is -2.48. The molecule has 2 aliphatic rings. The average Bonchev–Trinajstić information content (AvgIpc) is 2.69. The first kappa shape index (κ1) is 18.9. The number of pyridine rings is 1. The molecular weight excluding hydrogens is 363 g/mol. The molecule has 0 aromatic carbocycles. The fraction of sp³-hybridized carbons (Fsp3) is 0.550. The van der Waals surface area contributed by atoms with E-state index < -0.39 is 0 Å². The predicted octanol–water partition coefficient (Wildman–Crippen LogP) is 3.00. The Morgan fingerprint density at radius 1 is 1.18 bits per heavy atom. The SMILES string of the molecule is Cc1cnc(OC2CCN(C(C)c3nc4c(cc3F)OCCO4)CC2)c(C)n1. The van der Waals surface area contributed by atoms with Crippen molar-refractivity contribution < 1.29 is 18.6 Å². The second kappa shape index (κ2) is 7.87. The summed E-state index contributed by atoms with van der Waals surface area (Å²) in [6.07, 6.45) is 3.48. The zero-order valence-corrected chi connectivity index (χ0v) is 16.4. The largest absolute Gasteiger partial charge is 0.484 e. The molecule has 2 aromatic rings. The topological polar surface area (TPSA) is 69.6 Å². The van der Waals surface area contributed by atoms with E-state index >= 15 is 0 Å². The highest BCUT2D eigenvalue weighted by atomic mass is 19.1. The number of hydrogen-bond donors (Lipinski definition) is 0. The van der Waals surface area contributed by atoms with E-state index in [9.17, 15) is 4.39 Å². The summed E-state index contributed by atoms with van der Waals surface area (Å²) < 4.78 is 31.5. The molecule has 4 heterocycles. The van der Waals surface area contributed by atoms with Gasteiger partial charge in [-0.25, -0.2) is 14.4 Å². The van der Waals surface area contributed by atoms with Gasteiger partial charge in [-0.2, -0.15) is 0 Å². The lowest BCUT2D eigenvalue weighted by atomic mass is 10.0. The van der Waals surface area contributed by atoms with Crippen LogP contribution in [0.5, 0.6) is 17.5 Å².